The summed E-state index contributed by atoms with van der Waals surface area (Å²) in [5.74, 6) is 0.903. The molecule has 106 valence electrons. The molecule has 0 saturated carbocycles. The van der Waals surface area contributed by atoms with Gasteiger partial charge in [-0.3, -0.25) is 0 Å². The van der Waals surface area contributed by atoms with Crippen LogP contribution in [0.2, 0.25) is 0 Å². The zero-order valence-corrected chi connectivity index (χ0v) is 12.0. The molecule has 1 saturated heterocycles. The second-order valence-electron chi connectivity index (χ2n) is 5.43. The molecule has 1 fully saturated rings. The highest BCUT2D eigenvalue weighted by atomic mass is 16.5. The first-order valence-electron chi connectivity index (χ1n) is 6.93. The van der Waals surface area contributed by atoms with E-state index in [0.29, 0.717) is 0 Å². The lowest BCUT2D eigenvalue weighted by molar-refractivity contribution is 0.188. The van der Waals surface area contributed by atoms with E-state index in [4.69, 9.17) is 4.74 Å². The average molecular weight is 264 g/mol. The van der Waals surface area contributed by atoms with Gasteiger partial charge in [-0.05, 0) is 33.0 Å². The highest BCUT2D eigenvalue weighted by molar-refractivity contribution is 5.59. The van der Waals surface area contributed by atoms with Gasteiger partial charge in [0.15, 0.2) is 0 Å². The third kappa shape index (κ3) is 3.39. The van der Waals surface area contributed by atoms with Crippen LogP contribution in [-0.2, 0) is 0 Å². The summed E-state index contributed by atoms with van der Waals surface area (Å²) in [5, 5.41) is 9.60. The molecule has 0 amide bonds. The molecule has 1 aromatic rings. The quantitative estimate of drug-likeness (QED) is 0.896. The Morgan fingerprint density at radius 1 is 1.32 bits per heavy atom. The molecule has 4 nitrogen and oxygen atoms in total. The third-order valence-corrected chi connectivity index (χ3v) is 3.43. The topological polar surface area (TPSA) is 35.9 Å². The van der Waals surface area contributed by atoms with Crippen LogP contribution < -0.4 is 9.64 Å². The van der Waals surface area contributed by atoms with Gasteiger partial charge in [-0.25, -0.2) is 0 Å². The van der Waals surface area contributed by atoms with Crippen LogP contribution in [-0.4, -0.2) is 55.4 Å². The number of para-hydroxylation sites is 2. The molecule has 1 aliphatic rings. The van der Waals surface area contributed by atoms with Crippen LogP contribution in [0.1, 0.15) is 13.8 Å². The number of anilines is 1. The van der Waals surface area contributed by atoms with Crippen LogP contribution in [0.15, 0.2) is 24.3 Å². The van der Waals surface area contributed by atoms with E-state index in [1.54, 1.807) is 0 Å². The summed E-state index contributed by atoms with van der Waals surface area (Å²) >= 11 is 0. The summed E-state index contributed by atoms with van der Waals surface area (Å²) in [6.45, 7) is 7.04. The summed E-state index contributed by atoms with van der Waals surface area (Å²) in [6, 6.07) is 8.23. The molecule has 1 unspecified atom stereocenters. The molecule has 0 spiro atoms. The molecule has 0 aromatic heterocycles. The summed E-state index contributed by atoms with van der Waals surface area (Å²) < 4.78 is 5.88. The molecule has 1 heterocycles. The first kappa shape index (κ1) is 14.2. The summed E-state index contributed by atoms with van der Waals surface area (Å²) in [4.78, 5) is 4.51. The SMILES string of the molecule is CC(C)Oc1ccccc1N1CCN(C)CC1CO. The molecule has 2 rings (SSSR count). The molecule has 1 aliphatic heterocycles. The minimum absolute atomic E-state index is 0.135. The maximum absolute atomic E-state index is 9.60. The fraction of sp³-hybridized carbons (Fsp3) is 0.600. The van der Waals surface area contributed by atoms with Crippen LogP contribution in [0.25, 0.3) is 0 Å². The number of benzene rings is 1. The van der Waals surface area contributed by atoms with E-state index in [-0.39, 0.29) is 18.8 Å². The number of aliphatic hydroxyl groups is 1. The number of aliphatic hydroxyl groups excluding tert-OH is 1. The van der Waals surface area contributed by atoms with Crippen molar-refractivity contribution in [1.82, 2.24) is 4.90 Å². The Hall–Kier alpha value is -1.26. The van der Waals surface area contributed by atoms with E-state index >= 15 is 0 Å². The zero-order chi connectivity index (χ0) is 13.8. The Balaban J connectivity index is 2.24. The number of likely N-dealkylation sites (N-methyl/N-ethyl adjacent to an activating group) is 1. The van der Waals surface area contributed by atoms with Gasteiger partial charge in [-0.15, -0.1) is 0 Å². The van der Waals surface area contributed by atoms with Gasteiger partial charge < -0.3 is 19.6 Å². The van der Waals surface area contributed by atoms with Crippen LogP contribution in [0.4, 0.5) is 5.69 Å². The first-order chi connectivity index (χ1) is 9.11. The van der Waals surface area contributed by atoms with Crippen molar-refractivity contribution >= 4 is 5.69 Å². The lowest BCUT2D eigenvalue weighted by atomic mass is 10.1. The summed E-state index contributed by atoms with van der Waals surface area (Å²) in [5.41, 5.74) is 1.09. The van der Waals surface area contributed by atoms with Crippen molar-refractivity contribution in [2.24, 2.45) is 0 Å². The number of hydrogen-bond acceptors (Lipinski definition) is 4. The van der Waals surface area contributed by atoms with Crippen molar-refractivity contribution in [2.45, 2.75) is 26.0 Å². The highest BCUT2D eigenvalue weighted by Crippen LogP contribution is 2.31. The summed E-state index contributed by atoms with van der Waals surface area (Å²) in [7, 11) is 2.09. The van der Waals surface area contributed by atoms with Crippen LogP contribution in [0, 0.1) is 0 Å². The molecule has 1 atom stereocenters. The molecule has 4 heteroatoms. The van der Waals surface area contributed by atoms with E-state index in [0.717, 1.165) is 31.1 Å². The third-order valence-electron chi connectivity index (χ3n) is 3.43. The van der Waals surface area contributed by atoms with Crippen LogP contribution >= 0.6 is 0 Å². The lowest BCUT2D eigenvalue weighted by Gasteiger charge is -2.41. The van der Waals surface area contributed by atoms with Crippen molar-refractivity contribution in [3.63, 3.8) is 0 Å². The molecule has 0 aliphatic carbocycles. The normalized spacial score (nSPS) is 20.9. The predicted molar refractivity (Wildman–Crippen MR) is 77.9 cm³/mol. The minimum atomic E-state index is 0.135. The lowest BCUT2D eigenvalue weighted by Crippen LogP contribution is -2.53. The number of nitrogens with zero attached hydrogens (tertiary/aromatic N) is 2. The fourth-order valence-electron chi connectivity index (χ4n) is 2.53. The van der Waals surface area contributed by atoms with Gasteiger partial charge in [0, 0.05) is 19.6 Å². The van der Waals surface area contributed by atoms with Gasteiger partial charge in [0.2, 0.25) is 0 Å². The molecule has 1 aromatic carbocycles. The smallest absolute Gasteiger partial charge is 0.142 e. The second kappa shape index (κ2) is 6.26. The van der Waals surface area contributed by atoms with Crippen molar-refractivity contribution in [2.75, 3.05) is 38.2 Å². The standard InChI is InChI=1S/C15H24N2O2/c1-12(2)19-15-7-5-4-6-14(15)17-9-8-16(3)10-13(17)11-18/h4-7,12-13,18H,8-11H2,1-3H3. The van der Waals surface area contributed by atoms with Gasteiger partial charge in [0.25, 0.3) is 0 Å². The minimum Gasteiger partial charge on any atom is -0.489 e. The summed E-state index contributed by atoms with van der Waals surface area (Å²) in [6.07, 6.45) is 0.154. The Labute approximate surface area is 115 Å². The van der Waals surface area contributed by atoms with E-state index in [9.17, 15) is 5.11 Å². The second-order valence-corrected chi connectivity index (χ2v) is 5.43. The maximum atomic E-state index is 9.60. The molecule has 0 bridgehead atoms. The fourth-order valence-corrected chi connectivity index (χ4v) is 2.53. The van der Waals surface area contributed by atoms with Gasteiger partial charge in [-0.1, -0.05) is 12.1 Å². The van der Waals surface area contributed by atoms with Crippen LogP contribution in [0.5, 0.6) is 5.75 Å². The Kier molecular flexibility index (Phi) is 4.66. The molecule has 1 N–H and O–H groups in total. The molecular formula is C15H24N2O2. The number of ether oxygens (including phenoxy) is 1. The van der Waals surface area contributed by atoms with Gasteiger partial charge in [-0.2, -0.15) is 0 Å². The van der Waals surface area contributed by atoms with Crippen molar-refractivity contribution < 1.29 is 9.84 Å². The first-order valence-corrected chi connectivity index (χ1v) is 6.93. The highest BCUT2D eigenvalue weighted by Gasteiger charge is 2.26. The largest absolute Gasteiger partial charge is 0.489 e. The van der Waals surface area contributed by atoms with Gasteiger partial charge >= 0.3 is 0 Å². The molecule has 19 heavy (non-hydrogen) atoms. The van der Waals surface area contributed by atoms with E-state index in [1.807, 2.05) is 32.0 Å². The van der Waals surface area contributed by atoms with Crippen molar-refractivity contribution in [3.8, 4) is 5.75 Å². The van der Waals surface area contributed by atoms with Crippen molar-refractivity contribution in [1.29, 1.82) is 0 Å². The zero-order valence-electron chi connectivity index (χ0n) is 12.0. The Morgan fingerprint density at radius 3 is 2.74 bits per heavy atom. The monoisotopic (exact) mass is 264 g/mol. The predicted octanol–water partition coefficient (Wildman–Crippen LogP) is 1.59. The molecular weight excluding hydrogens is 240 g/mol. The maximum Gasteiger partial charge on any atom is 0.142 e. The van der Waals surface area contributed by atoms with E-state index in [2.05, 4.69) is 22.9 Å². The Morgan fingerprint density at radius 2 is 2.05 bits per heavy atom. The number of piperazine rings is 1. The average Bonchev–Trinajstić information content (AvgIpc) is 2.39. The van der Waals surface area contributed by atoms with E-state index in [1.165, 1.54) is 0 Å². The Bertz CT molecular complexity index is 409. The van der Waals surface area contributed by atoms with Crippen LogP contribution in [0.3, 0.4) is 0 Å². The van der Waals surface area contributed by atoms with E-state index < -0.39 is 0 Å². The molecule has 0 radical (unpaired) electrons. The van der Waals surface area contributed by atoms with Crippen molar-refractivity contribution in [3.05, 3.63) is 24.3 Å². The van der Waals surface area contributed by atoms with Gasteiger partial charge in [0.05, 0.1) is 24.4 Å². The number of rotatable bonds is 4. The van der Waals surface area contributed by atoms with Gasteiger partial charge in [0.1, 0.15) is 5.75 Å². The number of hydrogen-bond donors (Lipinski definition) is 1.